The van der Waals surface area contributed by atoms with Gasteiger partial charge < -0.3 is 9.88 Å². The van der Waals surface area contributed by atoms with Gasteiger partial charge in [0.25, 0.3) is 5.56 Å². The van der Waals surface area contributed by atoms with Gasteiger partial charge in [-0.25, -0.2) is 15.0 Å². The van der Waals surface area contributed by atoms with E-state index >= 15 is 0 Å². The van der Waals surface area contributed by atoms with E-state index in [9.17, 15) is 4.79 Å². The summed E-state index contributed by atoms with van der Waals surface area (Å²) < 4.78 is 0. The molecule has 0 saturated heterocycles. The number of nitrogens with one attached hydrogen (secondary N) is 1. The van der Waals surface area contributed by atoms with Crippen LogP contribution in [0.4, 0.5) is 5.95 Å². The van der Waals surface area contributed by atoms with Crippen molar-refractivity contribution in [2.45, 2.75) is 33.2 Å². The van der Waals surface area contributed by atoms with E-state index in [0.29, 0.717) is 18.3 Å². The van der Waals surface area contributed by atoms with Crippen LogP contribution >= 0.6 is 0 Å². The Kier molecular flexibility index (Phi) is 3.22. The molecule has 0 aromatic carbocycles. The number of aryl methyl sites for hydroxylation is 2. The predicted octanol–water partition coefficient (Wildman–Crippen LogP) is 0.993. The van der Waals surface area contributed by atoms with E-state index in [2.05, 4.69) is 26.9 Å². The molecule has 20 heavy (non-hydrogen) atoms. The van der Waals surface area contributed by atoms with Crippen LogP contribution in [0.2, 0.25) is 0 Å². The molecule has 0 atom stereocenters. The molecule has 1 N–H and O–H groups in total. The van der Waals surface area contributed by atoms with Crippen LogP contribution in [-0.2, 0) is 19.4 Å². The summed E-state index contributed by atoms with van der Waals surface area (Å²) in [5.41, 5.74) is 2.68. The van der Waals surface area contributed by atoms with Crippen LogP contribution in [0, 0.1) is 6.92 Å². The van der Waals surface area contributed by atoms with Crippen molar-refractivity contribution in [2.24, 2.45) is 0 Å². The van der Waals surface area contributed by atoms with Gasteiger partial charge in [0.05, 0.1) is 17.8 Å². The fourth-order valence-corrected chi connectivity index (χ4v) is 2.41. The van der Waals surface area contributed by atoms with E-state index in [1.807, 2.05) is 17.3 Å². The standard InChI is InChI=1S/C14H17N5O/c1-3-10-6-15-14(16-7-10)19-5-4-12-11(8-19)13(20)18-9(2)17-12/h6-7H,3-5,8H2,1-2H3,(H,17,18,20). The van der Waals surface area contributed by atoms with Gasteiger partial charge >= 0.3 is 0 Å². The first-order chi connectivity index (χ1) is 9.67. The molecule has 0 unspecified atom stereocenters. The van der Waals surface area contributed by atoms with E-state index < -0.39 is 0 Å². The molecular weight excluding hydrogens is 254 g/mol. The molecule has 0 fully saturated rings. The van der Waals surface area contributed by atoms with Crippen molar-refractivity contribution in [3.8, 4) is 0 Å². The van der Waals surface area contributed by atoms with Crippen LogP contribution in [-0.4, -0.2) is 26.5 Å². The largest absolute Gasteiger partial charge is 0.336 e. The molecule has 0 aliphatic carbocycles. The van der Waals surface area contributed by atoms with Crippen molar-refractivity contribution < 1.29 is 0 Å². The van der Waals surface area contributed by atoms with Gasteiger partial charge in [0.2, 0.25) is 5.95 Å². The number of H-pyrrole nitrogens is 1. The molecule has 104 valence electrons. The Morgan fingerprint density at radius 2 is 2.10 bits per heavy atom. The molecule has 6 heteroatoms. The van der Waals surface area contributed by atoms with Crippen LogP contribution in [0.1, 0.15) is 29.6 Å². The molecule has 0 bridgehead atoms. The Morgan fingerprint density at radius 1 is 1.35 bits per heavy atom. The van der Waals surface area contributed by atoms with Crippen LogP contribution in [0.5, 0.6) is 0 Å². The topological polar surface area (TPSA) is 74.8 Å². The minimum Gasteiger partial charge on any atom is -0.336 e. The van der Waals surface area contributed by atoms with E-state index in [4.69, 9.17) is 0 Å². The molecular formula is C14H17N5O. The lowest BCUT2D eigenvalue weighted by atomic mass is 10.1. The molecule has 2 aromatic heterocycles. The lowest BCUT2D eigenvalue weighted by Gasteiger charge is -2.27. The maximum atomic E-state index is 12.0. The Labute approximate surface area is 116 Å². The van der Waals surface area contributed by atoms with Crippen molar-refractivity contribution in [1.29, 1.82) is 0 Å². The average Bonchev–Trinajstić information content (AvgIpc) is 2.47. The van der Waals surface area contributed by atoms with Gasteiger partial charge in [-0.15, -0.1) is 0 Å². The molecule has 0 amide bonds. The van der Waals surface area contributed by atoms with Gasteiger partial charge in [-0.3, -0.25) is 4.79 Å². The molecule has 0 spiro atoms. The van der Waals surface area contributed by atoms with Gasteiger partial charge in [-0.1, -0.05) is 6.92 Å². The molecule has 1 aliphatic heterocycles. The highest BCUT2D eigenvalue weighted by Crippen LogP contribution is 2.18. The summed E-state index contributed by atoms with van der Waals surface area (Å²) in [6, 6.07) is 0. The second kappa shape index (κ2) is 5.03. The molecule has 0 saturated carbocycles. The maximum absolute atomic E-state index is 12.0. The number of rotatable bonds is 2. The number of fused-ring (bicyclic) bond motifs is 1. The van der Waals surface area contributed by atoms with Gasteiger partial charge in [0.1, 0.15) is 5.82 Å². The quantitative estimate of drug-likeness (QED) is 0.881. The monoisotopic (exact) mass is 271 g/mol. The summed E-state index contributed by atoms with van der Waals surface area (Å²) >= 11 is 0. The zero-order valence-electron chi connectivity index (χ0n) is 11.7. The first-order valence-electron chi connectivity index (χ1n) is 6.82. The summed E-state index contributed by atoms with van der Waals surface area (Å²) in [6.45, 7) is 5.18. The van der Waals surface area contributed by atoms with Crippen LogP contribution < -0.4 is 10.5 Å². The third-order valence-corrected chi connectivity index (χ3v) is 3.57. The van der Waals surface area contributed by atoms with Gasteiger partial charge in [0.15, 0.2) is 0 Å². The summed E-state index contributed by atoms with van der Waals surface area (Å²) in [6.07, 6.45) is 5.36. The SMILES string of the molecule is CCc1cnc(N2CCc3nc(C)[nH]c(=O)c3C2)nc1. The van der Waals surface area contributed by atoms with E-state index in [-0.39, 0.29) is 5.56 Å². The molecule has 2 aromatic rings. The predicted molar refractivity (Wildman–Crippen MR) is 75.8 cm³/mol. The van der Waals surface area contributed by atoms with Gasteiger partial charge in [0, 0.05) is 25.4 Å². The molecule has 3 rings (SSSR count). The number of anilines is 1. The smallest absolute Gasteiger partial charge is 0.256 e. The number of hydrogen-bond acceptors (Lipinski definition) is 5. The number of aromatic amines is 1. The number of hydrogen-bond donors (Lipinski definition) is 1. The van der Waals surface area contributed by atoms with E-state index in [1.165, 1.54) is 0 Å². The van der Waals surface area contributed by atoms with Gasteiger partial charge in [-0.2, -0.15) is 0 Å². The highest BCUT2D eigenvalue weighted by molar-refractivity contribution is 5.36. The van der Waals surface area contributed by atoms with Crippen LogP contribution in [0.3, 0.4) is 0 Å². The summed E-state index contributed by atoms with van der Waals surface area (Å²) in [4.78, 5) is 29.9. The Hall–Kier alpha value is -2.24. The van der Waals surface area contributed by atoms with Crippen molar-refractivity contribution in [2.75, 3.05) is 11.4 Å². The third-order valence-electron chi connectivity index (χ3n) is 3.57. The zero-order valence-corrected chi connectivity index (χ0v) is 11.7. The highest BCUT2D eigenvalue weighted by atomic mass is 16.1. The van der Waals surface area contributed by atoms with Crippen molar-refractivity contribution >= 4 is 5.95 Å². The Morgan fingerprint density at radius 3 is 2.80 bits per heavy atom. The fourth-order valence-electron chi connectivity index (χ4n) is 2.41. The highest BCUT2D eigenvalue weighted by Gasteiger charge is 2.22. The zero-order chi connectivity index (χ0) is 14.1. The van der Waals surface area contributed by atoms with Crippen LogP contribution in [0.25, 0.3) is 0 Å². The molecule has 6 nitrogen and oxygen atoms in total. The molecule has 3 heterocycles. The third kappa shape index (κ3) is 2.29. The van der Waals surface area contributed by atoms with E-state index in [0.717, 1.165) is 36.2 Å². The minimum atomic E-state index is -0.0534. The summed E-state index contributed by atoms with van der Waals surface area (Å²) in [7, 11) is 0. The Bertz CT molecular complexity index is 677. The second-order valence-corrected chi connectivity index (χ2v) is 4.99. The average molecular weight is 271 g/mol. The first-order valence-corrected chi connectivity index (χ1v) is 6.82. The first kappa shape index (κ1) is 12.8. The summed E-state index contributed by atoms with van der Waals surface area (Å²) in [5, 5.41) is 0. The van der Waals surface area contributed by atoms with Crippen molar-refractivity contribution in [1.82, 2.24) is 19.9 Å². The number of nitrogens with zero attached hydrogens (tertiary/aromatic N) is 4. The van der Waals surface area contributed by atoms with Crippen LogP contribution in [0.15, 0.2) is 17.2 Å². The van der Waals surface area contributed by atoms with Crippen molar-refractivity contribution in [3.05, 3.63) is 45.4 Å². The molecule has 0 radical (unpaired) electrons. The Balaban J connectivity index is 1.89. The second-order valence-electron chi connectivity index (χ2n) is 4.99. The number of aromatic nitrogens is 4. The lowest BCUT2D eigenvalue weighted by Crippen LogP contribution is -2.36. The normalized spacial score (nSPS) is 14.2. The maximum Gasteiger partial charge on any atom is 0.256 e. The minimum absolute atomic E-state index is 0.0534. The summed E-state index contributed by atoms with van der Waals surface area (Å²) in [5.74, 6) is 1.35. The lowest BCUT2D eigenvalue weighted by molar-refractivity contribution is 0.673. The molecule has 1 aliphatic rings. The fraction of sp³-hybridized carbons (Fsp3) is 0.429. The van der Waals surface area contributed by atoms with Gasteiger partial charge in [-0.05, 0) is 18.9 Å². The van der Waals surface area contributed by atoms with E-state index in [1.54, 1.807) is 6.92 Å². The van der Waals surface area contributed by atoms with Crippen molar-refractivity contribution in [3.63, 3.8) is 0 Å².